The van der Waals surface area contributed by atoms with Crippen molar-refractivity contribution in [1.82, 2.24) is 4.90 Å². The molecule has 2 atom stereocenters. The minimum absolute atomic E-state index is 0.509. The predicted octanol–water partition coefficient (Wildman–Crippen LogP) is 2.60. The summed E-state index contributed by atoms with van der Waals surface area (Å²) in [6, 6.07) is 6.60. The van der Waals surface area contributed by atoms with E-state index < -0.39 is 0 Å². The average molecular weight is 276 g/mol. The number of nitrogens with zero attached hydrogens (tertiary/aromatic N) is 1. The SMILES string of the molecule is CCN1CC[C@H](Nc2cccc3c2OCCO3)[C@H](C)C1. The molecule has 4 heteroatoms. The number of hydrogen-bond acceptors (Lipinski definition) is 4. The van der Waals surface area contributed by atoms with E-state index in [1.165, 1.54) is 19.5 Å². The normalized spacial score (nSPS) is 26.3. The molecule has 4 nitrogen and oxygen atoms in total. The summed E-state index contributed by atoms with van der Waals surface area (Å²) in [7, 11) is 0. The van der Waals surface area contributed by atoms with Crippen LogP contribution < -0.4 is 14.8 Å². The summed E-state index contributed by atoms with van der Waals surface area (Å²) < 4.78 is 11.4. The Labute approximate surface area is 121 Å². The lowest BCUT2D eigenvalue weighted by Gasteiger charge is -2.37. The predicted molar refractivity (Wildman–Crippen MR) is 80.7 cm³/mol. The first-order valence-electron chi connectivity index (χ1n) is 7.65. The van der Waals surface area contributed by atoms with E-state index in [1.807, 2.05) is 12.1 Å². The van der Waals surface area contributed by atoms with E-state index in [0.29, 0.717) is 25.2 Å². The molecule has 1 fully saturated rings. The number of nitrogens with one attached hydrogen (secondary N) is 1. The van der Waals surface area contributed by atoms with Crippen LogP contribution in [0.15, 0.2) is 18.2 Å². The molecule has 1 N–H and O–H groups in total. The number of ether oxygens (including phenoxy) is 2. The highest BCUT2D eigenvalue weighted by molar-refractivity contribution is 5.64. The zero-order valence-electron chi connectivity index (χ0n) is 12.4. The average Bonchev–Trinajstić information content (AvgIpc) is 2.49. The Morgan fingerprint density at radius 3 is 2.95 bits per heavy atom. The molecule has 0 radical (unpaired) electrons. The number of anilines is 1. The second-order valence-corrected chi connectivity index (χ2v) is 5.74. The fourth-order valence-electron chi connectivity index (χ4n) is 3.12. The number of likely N-dealkylation sites (tertiary alicyclic amines) is 1. The maximum atomic E-state index is 5.78. The summed E-state index contributed by atoms with van der Waals surface area (Å²) in [5.41, 5.74) is 1.07. The van der Waals surface area contributed by atoms with E-state index in [4.69, 9.17) is 9.47 Å². The first kappa shape index (κ1) is 13.6. The lowest BCUT2D eigenvalue weighted by atomic mass is 9.93. The van der Waals surface area contributed by atoms with E-state index in [1.54, 1.807) is 0 Å². The Bertz CT molecular complexity index is 464. The van der Waals surface area contributed by atoms with Crippen LogP contribution in [0.5, 0.6) is 11.5 Å². The first-order chi connectivity index (χ1) is 9.78. The highest BCUT2D eigenvalue weighted by atomic mass is 16.6. The van der Waals surface area contributed by atoms with E-state index in [2.05, 4.69) is 30.1 Å². The van der Waals surface area contributed by atoms with Gasteiger partial charge in [0.2, 0.25) is 0 Å². The molecule has 20 heavy (non-hydrogen) atoms. The molecule has 0 spiro atoms. The van der Waals surface area contributed by atoms with Crippen LogP contribution in [0.4, 0.5) is 5.69 Å². The van der Waals surface area contributed by atoms with Gasteiger partial charge in [0.25, 0.3) is 0 Å². The Kier molecular flexibility index (Phi) is 4.01. The zero-order chi connectivity index (χ0) is 13.9. The largest absolute Gasteiger partial charge is 0.486 e. The maximum absolute atomic E-state index is 5.78. The van der Waals surface area contributed by atoms with Gasteiger partial charge in [-0.3, -0.25) is 0 Å². The number of hydrogen-bond donors (Lipinski definition) is 1. The van der Waals surface area contributed by atoms with Crippen LogP contribution in [0.25, 0.3) is 0 Å². The van der Waals surface area contributed by atoms with Gasteiger partial charge >= 0.3 is 0 Å². The van der Waals surface area contributed by atoms with Crippen molar-refractivity contribution in [3.8, 4) is 11.5 Å². The Morgan fingerprint density at radius 2 is 2.15 bits per heavy atom. The summed E-state index contributed by atoms with van der Waals surface area (Å²) in [5.74, 6) is 2.38. The molecule has 2 aliphatic heterocycles. The zero-order valence-corrected chi connectivity index (χ0v) is 12.4. The molecule has 1 aromatic carbocycles. The molecule has 3 rings (SSSR count). The van der Waals surface area contributed by atoms with Gasteiger partial charge in [-0.2, -0.15) is 0 Å². The van der Waals surface area contributed by atoms with Crippen molar-refractivity contribution < 1.29 is 9.47 Å². The third kappa shape index (κ3) is 2.70. The molecular formula is C16H24N2O2. The summed E-state index contributed by atoms with van der Waals surface area (Å²) >= 11 is 0. The lowest BCUT2D eigenvalue weighted by Crippen LogP contribution is -2.45. The molecule has 2 heterocycles. The molecular weight excluding hydrogens is 252 g/mol. The van der Waals surface area contributed by atoms with Crippen molar-refractivity contribution in [2.45, 2.75) is 26.3 Å². The van der Waals surface area contributed by atoms with Gasteiger partial charge < -0.3 is 19.7 Å². The van der Waals surface area contributed by atoms with Crippen molar-refractivity contribution in [2.75, 3.05) is 38.2 Å². The molecule has 0 unspecified atom stereocenters. The van der Waals surface area contributed by atoms with Crippen molar-refractivity contribution in [1.29, 1.82) is 0 Å². The van der Waals surface area contributed by atoms with Crippen molar-refractivity contribution in [3.05, 3.63) is 18.2 Å². The molecule has 0 amide bonds. The van der Waals surface area contributed by atoms with Gasteiger partial charge in [0.05, 0.1) is 5.69 Å². The van der Waals surface area contributed by atoms with Gasteiger partial charge in [0, 0.05) is 19.1 Å². The standard InChI is InChI=1S/C16H24N2O2/c1-3-18-8-7-13(12(2)11-18)17-14-5-4-6-15-16(14)20-10-9-19-15/h4-6,12-13,17H,3,7-11H2,1-2H3/t12-,13+/m1/s1. The Hall–Kier alpha value is -1.42. The van der Waals surface area contributed by atoms with Crippen LogP contribution in [0, 0.1) is 5.92 Å². The van der Waals surface area contributed by atoms with Crippen LogP contribution in [0.1, 0.15) is 20.3 Å². The fourth-order valence-corrected chi connectivity index (χ4v) is 3.12. The van der Waals surface area contributed by atoms with Gasteiger partial charge in [-0.05, 0) is 31.0 Å². The lowest BCUT2D eigenvalue weighted by molar-refractivity contribution is 0.169. The van der Waals surface area contributed by atoms with Crippen molar-refractivity contribution >= 4 is 5.69 Å². The third-order valence-corrected chi connectivity index (χ3v) is 4.34. The molecule has 2 aliphatic rings. The van der Waals surface area contributed by atoms with E-state index in [9.17, 15) is 0 Å². The van der Waals surface area contributed by atoms with Crippen molar-refractivity contribution in [3.63, 3.8) is 0 Å². The second kappa shape index (κ2) is 5.92. The first-order valence-corrected chi connectivity index (χ1v) is 7.65. The number of piperidine rings is 1. The van der Waals surface area contributed by atoms with Gasteiger partial charge in [-0.15, -0.1) is 0 Å². The summed E-state index contributed by atoms with van der Waals surface area (Å²) in [4.78, 5) is 2.52. The minimum Gasteiger partial charge on any atom is -0.486 e. The van der Waals surface area contributed by atoms with Crippen molar-refractivity contribution in [2.24, 2.45) is 5.92 Å². The van der Waals surface area contributed by atoms with Gasteiger partial charge in [-0.1, -0.05) is 19.9 Å². The topological polar surface area (TPSA) is 33.7 Å². The smallest absolute Gasteiger partial charge is 0.184 e. The van der Waals surface area contributed by atoms with E-state index in [-0.39, 0.29) is 0 Å². The molecule has 0 aromatic heterocycles. The Balaban J connectivity index is 1.72. The monoisotopic (exact) mass is 276 g/mol. The van der Waals surface area contributed by atoms with E-state index >= 15 is 0 Å². The molecule has 0 saturated carbocycles. The van der Waals surface area contributed by atoms with Gasteiger partial charge in [-0.25, -0.2) is 0 Å². The molecule has 1 saturated heterocycles. The van der Waals surface area contributed by atoms with Crippen LogP contribution in [0.2, 0.25) is 0 Å². The second-order valence-electron chi connectivity index (χ2n) is 5.74. The van der Waals surface area contributed by atoms with Gasteiger partial charge in [0.1, 0.15) is 13.2 Å². The van der Waals surface area contributed by atoms with Crippen LogP contribution in [0.3, 0.4) is 0 Å². The summed E-state index contributed by atoms with van der Waals surface area (Å²) in [6.45, 7) is 9.32. The van der Waals surface area contributed by atoms with Crippen LogP contribution >= 0.6 is 0 Å². The van der Waals surface area contributed by atoms with Gasteiger partial charge in [0.15, 0.2) is 11.5 Å². The highest BCUT2D eigenvalue weighted by Crippen LogP contribution is 2.38. The minimum atomic E-state index is 0.509. The number of fused-ring (bicyclic) bond motifs is 1. The molecule has 0 aliphatic carbocycles. The quantitative estimate of drug-likeness (QED) is 0.920. The Morgan fingerprint density at radius 1 is 1.30 bits per heavy atom. The fraction of sp³-hybridized carbons (Fsp3) is 0.625. The molecule has 0 bridgehead atoms. The van der Waals surface area contributed by atoms with Crippen LogP contribution in [-0.4, -0.2) is 43.8 Å². The van der Waals surface area contributed by atoms with E-state index in [0.717, 1.165) is 23.7 Å². The number of benzene rings is 1. The number of rotatable bonds is 3. The molecule has 110 valence electrons. The number of para-hydroxylation sites is 1. The highest BCUT2D eigenvalue weighted by Gasteiger charge is 2.26. The molecule has 1 aromatic rings. The summed E-state index contributed by atoms with van der Waals surface area (Å²) in [5, 5.41) is 3.67. The maximum Gasteiger partial charge on any atom is 0.184 e. The van der Waals surface area contributed by atoms with Crippen LogP contribution in [-0.2, 0) is 0 Å². The summed E-state index contributed by atoms with van der Waals surface area (Å²) in [6.07, 6.45) is 1.18. The third-order valence-electron chi connectivity index (χ3n) is 4.34.